The molecule has 0 aliphatic rings. The average Bonchev–Trinajstić information content (AvgIpc) is 2.58. The largest absolute Gasteiger partial charge is 0.452 e. The standard InChI is InChI=1S/C13H12BrN3O/c1-8-13(9(2)17(3)16-8)18-12-5-4-10(7-15)6-11(12)14/h4-6H,1-3H3. The number of ether oxygens (including phenoxy) is 1. The zero-order valence-electron chi connectivity index (χ0n) is 10.4. The minimum Gasteiger partial charge on any atom is -0.452 e. The van der Waals surface area contributed by atoms with E-state index in [1.165, 1.54) is 0 Å². The summed E-state index contributed by atoms with van der Waals surface area (Å²) in [6, 6.07) is 7.31. The summed E-state index contributed by atoms with van der Waals surface area (Å²) in [6.07, 6.45) is 0. The third-order valence-electron chi connectivity index (χ3n) is 2.72. The van der Waals surface area contributed by atoms with Crippen LogP contribution >= 0.6 is 15.9 Å². The van der Waals surface area contributed by atoms with Crippen molar-refractivity contribution in [3.8, 4) is 17.6 Å². The second kappa shape index (κ2) is 4.83. The Morgan fingerprint density at radius 3 is 2.61 bits per heavy atom. The molecule has 5 heteroatoms. The lowest BCUT2D eigenvalue weighted by atomic mass is 10.2. The summed E-state index contributed by atoms with van der Waals surface area (Å²) >= 11 is 3.40. The van der Waals surface area contributed by atoms with Crippen molar-refractivity contribution in [2.45, 2.75) is 13.8 Å². The van der Waals surface area contributed by atoms with E-state index in [-0.39, 0.29) is 0 Å². The summed E-state index contributed by atoms with van der Waals surface area (Å²) < 4.78 is 8.39. The van der Waals surface area contributed by atoms with Crippen LogP contribution in [-0.2, 0) is 7.05 Å². The van der Waals surface area contributed by atoms with Crippen LogP contribution in [0.2, 0.25) is 0 Å². The van der Waals surface area contributed by atoms with Gasteiger partial charge in [-0.3, -0.25) is 4.68 Å². The van der Waals surface area contributed by atoms with Crippen molar-refractivity contribution in [2.75, 3.05) is 0 Å². The molecule has 4 nitrogen and oxygen atoms in total. The molecule has 0 bridgehead atoms. The SMILES string of the molecule is Cc1nn(C)c(C)c1Oc1ccc(C#N)cc1Br. The minimum atomic E-state index is 0.592. The lowest BCUT2D eigenvalue weighted by molar-refractivity contribution is 0.471. The Hall–Kier alpha value is -1.80. The molecule has 0 saturated carbocycles. The molecule has 0 fully saturated rings. The van der Waals surface area contributed by atoms with E-state index in [9.17, 15) is 0 Å². The average molecular weight is 306 g/mol. The number of aryl methyl sites for hydroxylation is 2. The van der Waals surface area contributed by atoms with Gasteiger partial charge in [-0.25, -0.2) is 0 Å². The van der Waals surface area contributed by atoms with Crippen LogP contribution in [-0.4, -0.2) is 9.78 Å². The van der Waals surface area contributed by atoms with Gasteiger partial charge in [0.25, 0.3) is 0 Å². The minimum absolute atomic E-state index is 0.592. The molecular formula is C13H12BrN3O. The number of hydrogen-bond donors (Lipinski definition) is 0. The van der Waals surface area contributed by atoms with Crippen molar-refractivity contribution >= 4 is 15.9 Å². The van der Waals surface area contributed by atoms with Crippen LogP contribution in [0.4, 0.5) is 0 Å². The Balaban J connectivity index is 2.38. The summed E-state index contributed by atoms with van der Waals surface area (Å²) in [7, 11) is 1.88. The van der Waals surface area contributed by atoms with E-state index < -0.39 is 0 Å². The second-order valence-corrected chi connectivity index (χ2v) is 4.84. The highest BCUT2D eigenvalue weighted by atomic mass is 79.9. The highest BCUT2D eigenvalue weighted by molar-refractivity contribution is 9.10. The van der Waals surface area contributed by atoms with Crippen LogP contribution in [0.3, 0.4) is 0 Å². The summed E-state index contributed by atoms with van der Waals surface area (Å²) in [5.41, 5.74) is 2.39. The molecule has 2 rings (SSSR count). The number of aromatic nitrogens is 2. The number of hydrogen-bond acceptors (Lipinski definition) is 3. The maximum atomic E-state index is 8.81. The number of nitriles is 1. The molecule has 0 amide bonds. The van der Waals surface area contributed by atoms with Gasteiger partial charge in [0, 0.05) is 7.05 Å². The van der Waals surface area contributed by atoms with E-state index in [4.69, 9.17) is 10.00 Å². The van der Waals surface area contributed by atoms with Crippen LogP contribution in [0.5, 0.6) is 11.5 Å². The van der Waals surface area contributed by atoms with Crippen molar-refractivity contribution in [1.82, 2.24) is 9.78 Å². The van der Waals surface area contributed by atoms with Crippen LogP contribution in [0.15, 0.2) is 22.7 Å². The van der Waals surface area contributed by atoms with Crippen LogP contribution in [0.1, 0.15) is 17.0 Å². The molecule has 1 aromatic carbocycles. The van der Waals surface area contributed by atoms with Gasteiger partial charge in [-0.2, -0.15) is 10.4 Å². The van der Waals surface area contributed by atoms with Gasteiger partial charge >= 0.3 is 0 Å². The van der Waals surface area contributed by atoms with E-state index in [1.807, 2.05) is 20.9 Å². The first-order chi connectivity index (χ1) is 8.52. The molecule has 0 aliphatic heterocycles. The van der Waals surface area contributed by atoms with Gasteiger partial charge in [0.05, 0.1) is 21.8 Å². The fourth-order valence-electron chi connectivity index (χ4n) is 1.66. The molecule has 92 valence electrons. The molecule has 0 atom stereocenters. The third-order valence-corrected chi connectivity index (χ3v) is 3.34. The predicted octanol–water partition coefficient (Wildman–Crippen LogP) is 3.46. The molecule has 0 aliphatic carbocycles. The highest BCUT2D eigenvalue weighted by Gasteiger charge is 2.13. The molecule has 18 heavy (non-hydrogen) atoms. The van der Waals surface area contributed by atoms with E-state index >= 15 is 0 Å². The molecule has 0 radical (unpaired) electrons. The Morgan fingerprint density at radius 2 is 2.11 bits per heavy atom. The van der Waals surface area contributed by atoms with Gasteiger partial charge in [-0.15, -0.1) is 0 Å². The molecular weight excluding hydrogens is 294 g/mol. The van der Waals surface area contributed by atoms with Gasteiger partial charge in [-0.05, 0) is 48.0 Å². The van der Waals surface area contributed by atoms with Crippen LogP contribution < -0.4 is 4.74 Å². The topological polar surface area (TPSA) is 50.8 Å². The maximum absolute atomic E-state index is 8.81. The summed E-state index contributed by atoms with van der Waals surface area (Å²) in [5.74, 6) is 1.43. The van der Waals surface area contributed by atoms with Gasteiger partial charge in [0.2, 0.25) is 0 Å². The lowest BCUT2D eigenvalue weighted by Crippen LogP contribution is -1.93. The van der Waals surface area contributed by atoms with Gasteiger partial charge in [-0.1, -0.05) is 0 Å². The van der Waals surface area contributed by atoms with Gasteiger partial charge in [0.15, 0.2) is 5.75 Å². The number of benzene rings is 1. The van der Waals surface area contributed by atoms with Crippen molar-refractivity contribution in [1.29, 1.82) is 5.26 Å². The first-order valence-corrected chi connectivity index (χ1v) is 6.20. The van der Waals surface area contributed by atoms with Crippen molar-refractivity contribution in [2.24, 2.45) is 7.05 Å². The summed E-state index contributed by atoms with van der Waals surface area (Å²) in [6.45, 7) is 3.85. The summed E-state index contributed by atoms with van der Waals surface area (Å²) in [4.78, 5) is 0. The first kappa shape index (κ1) is 12.7. The zero-order valence-corrected chi connectivity index (χ0v) is 11.9. The molecule has 1 heterocycles. The Morgan fingerprint density at radius 1 is 1.39 bits per heavy atom. The van der Waals surface area contributed by atoms with Crippen LogP contribution in [0, 0.1) is 25.2 Å². The van der Waals surface area contributed by atoms with Crippen molar-refractivity contribution in [3.63, 3.8) is 0 Å². The molecule has 0 saturated heterocycles. The maximum Gasteiger partial charge on any atom is 0.171 e. The van der Waals surface area contributed by atoms with E-state index in [0.29, 0.717) is 11.3 Å². The predicted molar refractivity (Wildman–Crippen MR) is 71.6 cm³/mol. The molecule has 2 aromatic rings. The van der Waals surface area contributed by atoms with Crippen molar-refractivity contribution in [3.05, 3.63) is 39.6 Å². The highest BCUT2D eigenvalue weighted by Crippen LogP contribution is 2.33. The van der Waals surface area contributed by atoms with Crippen molar-refractivity contribution < 1.29 is 4.74 Å². The lowest BCUT2D eigenvalue weighted by Gasteiger charge is -2.08. The number of rotatable bonds is 2. The third kappa shape index (κ3) is 2.24. The Labute approximate surface area is 114 Å². The van der Waals surface area contributed by atoms with E-state index in [0.717, 1.165) is 21.6 Å². The monoisotopic (exact) mass is 305 g/mol. The normalized spacial score (nSPS) is 10.2. The Kier molecular flexibility index (Phi) is 3.39. The number of halogens is 1. The number of nitrogens with zero attached hydrogens (tertiary/aromatic N) is 3. The first-order valence-electron chi connectivity index (χ1n) is 5.40. The zero-order chi connectivity index (χ0) is 13.3. The molecule has 0 spiro atoms. The van der Waals surface area contributed by atoms with Gasteiger partial charge < -0.3 is 4.74 Å². The molecule has 0 unspecified atom stereocenters. The summed E-state index contributed by atoms with van der Waals surface area (Å²) in [5, 5.41) is 13.1. The van der Waals surface area contributed by atoms with E-state index in [2.05, 4.69) is 27.1 Å². The smallest absolute Gasteiger partial charge is 0.171 e. The fraction of sp³-hybridized carbons (Fsp3) is 0.231. The fourth-order valence-corrected chi connectivity index (χ4v) is 2.12. The van der Waals surface area contributed by atoms with Crippen LogP contribution in [0.25, 0.3) is 0 Å². The van der Waals surface area contributed by atoms with E-state index in [1.54, 1.807) is 22.9 Å². The Bertz CT molecular complexity index is 640. The molecule has 0 N–H and O–H groups in total. The van der Waals surface area contributed by atoms with Gasteiger partial charge in [0.1, 0.15) is 11.4 Å². The quantitative estimate of drug-likeness (QED) is 0.853. The molecule has 1 aromatic heterocycles. The second-order valence-electron chi connectivity index (χ2n) is 3.98.